The average Bonchev–Trinajstić information content (AvgIpc) is 3.08. The first-order valence-electron chi connectivity index (χ1n) is 10.5. The molecule has 1 saturated carbocycles. The van der Waals surface area contributed by atoms with Gasteiger partial charge in [0, 0.05) is 38.3 Å². The van der Waals surface area contributed by atoms with E-state index < -0.39 is 0 Å². The molecule has 1 N–H and O–H groups in total. The zero-order valence-corrected chi connectivity index (χ0v) is 15.2. The van der Waals surface area contributed by atoms with E-state index in [9.17, 15) is 0 Å². The van der Waals surface area contributed by atoms with Gasteiger partial charge in [0.2, 0.25) is 0 Å². The number of piperidine rings is 4. The Kier molecular flexibility index (Phi) is 3.37. The third kappa shape index (κ3) is 2.15. The second-order valence-corrected chi connectivity index (χ2v) is 9.60. The molecular formula is C22H31N3. The van der Waals surface area contributed by atoms with Crippen LogP contribution in [0.4, 0.5) is 0 Å². The van der Waals surface area contributed by atoms with Crippen LogP contribution >= 0.6 is 0 Å². The first kappa shape index (κ1) is 15.2. The molecule has 4 bridgehead atoms. The van der Waals surface area contributed by atoms with E-state index in [4.69, 9.17) is 0 Å². The highest BCUT2D eigenvalue weighted by molar-refractivity contribution is 5.20. The normalized spacial score (nSPS) is 46.0. The minimum absolute atomic E-state index is 0.536. The molecule has 6 aliphatic rings. The van der Waals surface area contributed by atoms with Crippen molar-refractivity contribution in [1.29, 1.82) is 0 Å². The lowest BCUT2D eigenvalue weighted by molar-refractivity contribution is -0.169. The molecule has 0 radical (unpaired) electrons. The summed E-state index contributed by atoms with van der Waals surface area (Å²) in [4.78, 5) is 5.80. The predicted octanol–water partition coefficient (Wildman–Crippen LogP) is 2.44. The largest absolute Gasteiger partial charge is 0.316 e. The van der Waals surface area contributed by atoms with Gasteiger partial charge in [-0.3, -0.25) is 9.80 Å². The molecule has 5 aliphatic heterocycles. The number of rotatable bonds is 2. The summed E-state index contributed by atoms with van der Waals surface area (Å²) in [6.45, 7) is 9.18. The summed E-state index contributed by atoms with van der Waals surface area (Å²) in [5.41, 5.74) is 2.03. The fourth-order valence-electron chi connectivity index (χ4n) is 7.65. The van der Waals surface area contributed by atoms with E-state index in [1.165, 1.54) is 64.1 Å². The second-order valence-electron chi connectivity index (χ2n) is 9.60. The molecule has 6 fully saturated rings. The van der Waals surface area contributed by atoms with Crippen molar-refractivity contribution in [2.45, 2.75) is 31.3 Å². The molecule has 5 saturated heterocycles. The summed E-state index contributed by atoms with van der Waals surface area (Å²) in [6, 6.07) is 11.1. The summed E-state index contributed by atoms with van der Waals surface area (Å²) >= 11 is 0. The van der Waals surface area contributed by atoms with Crippen molar-refractivity contribution in [3.05, 3.63) is 35.9 Å². The second kappa shape index (κ2) is 5.55. The average molecular weight is 338 g/mol. The van der Waals surface area contributed by atoms with E-state index >= 15 is 0 Å². The van der Waals surface area contributed by atoms with Crippen LogP contribution < -0.4 is 5.32 Å². The Hall–Kier alpha value is -0.900. The van der Waals surface area contributed by atoms with E-state index in [-0.39, 0.29) is 0 Å². The van der Waals surface area contributed by atoms with Crippen molar-refractivity contribution < 1.29 is 0 Å². The maximum absolute atomic E-state index is 3.79. The van der Waals surface area contributed by atoms with Gasteiger partial charge < -0.3 is 5.32 Å². The van der Waals surface area contributed by atoms with Crippen LogP contribution in [0, 0.1) is 29.6 Å². The number of benzene rings is 1. The van der Waals surface area contributed by atoms with Gasteiger partial charge in [0.05, 0.1) is 0 Å². The monoisotopic (exact) mass is 337 g/mol. The van der Waals surface area contributed by atoms with Crippen molar-refractivity contribution in [1.82, 2.24) is 15.1 Å². The van der Waals surface area contributed by atoms with E-state index in [1.54, 1.807) is 0 Å². The van der Waals surface area contributed by atoms with Gasteiger partial charge in [0.25, 0.3) is 0 Å². The van der Waals surface area contributed by atoms with Crippen LogP contribution in [0.1, 0.15) is 24.8 Å². The lowest BCUT2D eigenvalue weighted by Crippen LogP contribution is -2.74. The lowest BCUT2D eigenvalue weighted by atomic mass is 9.52. The minimum atomic E-state index is 0.536. The van der Waals surface area contributed by atoms with E-state index in [0.29, 0.717) is 5.54 Å². The highest BCUT2D eigenvalue weighted by Crippen LogP contribution is 2.59. The van der Waals surface area contributed by atoms with Crippen molar-refractivity contribution >= 4 is 0 Å². The third-order valence-electron chi connectivity index (χ3n) is 8.52. The smallest absolute Gasteiger partial charge is 0.0293 e. The standard InChI is InChI=1S/C22H31N3/c1-2-4-16(5-3-1)11-24-14-20-18-6-7-22(21(20)15-24)19-8-17(9-23-10-19)12-25(22)13-18/h1-5,17-21,23H,6-15H2/t17?,18-,19?,20-,21-,22+/m1/s1. The molecule has 0 aromatic heterocycles. The number of likely N-dealkylation sites (tertiary alicyclic amines) is 1. The third-order valence-corrected chi connectivity index (χ3v) is 8.52. The van der Waals surface area contributed by atoms with Crippen molar-refractivity contribution in [2.24, 2.45) is 29.6 Å². The van der Waals surface area contributed by atoms with Crippen molar-refractivity contribution in [3.8, 4) is 0 Å². The molecule has 1 spiro atoms. The molecule has 134 valence electrons. The summed E-state index contributed by atoms with van der Waals surface area (Å²) in [6.07, 6.45) is 4.48. The Morgan fingerprint density at radius 3 is 2.88 bits per heavy atom. The van der Waals surface area contributed by atoms with Crippen LogP contribution in [-0.2, 0) is 6.54 Å². The molecule has 1 aromatic rings. The number of nitrogens with one attached hydrogen (secondary N) is 1. The zero-order valence-electron chi connectivity index (χ0n) is 15.2. The summed E-state index contributed by atoms with van der Waals surface area (Å²) < 4.78 is 0. The Morgan fingerprint density at radius 1 is 1.04 bits per heavy atom. The quantitative estimate of drug-likeness (QED) is 0.894. The van der Waals surface area contributed by atoms with Crippen LogP contribution in [0.5, 0.6) is 0 Å². The number of nitrogens with zero attached hydrogens (tertiary/aromatic N) is 2. The predicted molar refractivity (Wildman–Crippen MR) is 100 cm³/mol. The number of hydrogen-bond acceptors (Lipinski definition) is 3. The van der Waals surface area contributed by atoms with E-state index in [0.717, 1.165) is 36.1 Å². The fraction of sp³-hybridized carbons (Fsp3) is 0.727. The molecule has 1 aromatic carbocycles. The molecule has 3 heteroatoms. The van der Waals surface area contributed by atoms with Gasteiger partial charge in [-0.2, -0.15) is 0 Å². The Bertz CT molecular complexity index is 642. The summed E-state index contributed by atoms with van der Waals surface area (Å²) in [5.74, 6) is 4.69. The Morgan fingerprint density at radius 2 is 1.96 bits per heavy atom. The van der Waals surface area contributed by atoms with Crippen molar-refractivity contribution in [3.63, 3.8) is 0 Å². The maximum Gasteiger partial charge on any atom is 0.0293 e. The van der Waals surface area contributed by atoms with Gasteiger partial charge in [-0.25, -0.2) is 0 Å². The Labute approximate surface area is 151 Å². The SMILES string of the molecule is c1ccc(CN2C[C@@H]3[C@@H]4CC[C@]5(C6CNCC(C6)CN5C4)[C@@H]3C2)cc1. The highest BCUT2D eigenvalue weighted by atomic mass is 15.3. The van der Waals surface area contributed by atoms with Gasteiger partial charge in [-0.1, -0.05) is 30.3 Å². The molecule has 6 atom stereocenters. The van der Waals surface area contributed by atoms with Crippen LogP contribution in [0.2, 0.25) is 0 Å². The zero-order chi connectivity index (χ0) is 16.4. The lowest BCUT2D eigenvalue weighted by Gasteiger charge is -2.67. The molecule has 0 amide bonds. The van der Waals surface area contributed by atoms with E-state index in [2.05, 4.69) is 45.4 Å². The van der Waals surface area contributed by atoms with Crippen molar-refractivity contribution in [2.75, 3.05) is 39.3 Å². The first-order valence-corrected chi connectivity index (χ1v) is 10.5. The van der Waals surface area contributed by atoms with Gasteiger partial charge in [-0.15, -0.1) is 0 Å². The highest BCUT2D eigenvalue weighted by Gasteiger charge is 2.64. The van der Waals surface area contributed by atoms with Crippen LogP contribution in [0.25, 0.3) is 0 Å². The topological polar surface area (TPSA) is 18.5 Å². The molecule has 5 heterocycles. The number of fused-ring (bicyclic) bond motifs is 3. The first-order chi connectivity index (χ1) is 12.3. The molecule has 25 heavy (non-hydrogen) atoms. The molecule has 7 rings (SSSR count). The fourth-order valence-corrected chi connectivity index (χ4v) is 7.65. The van der Waals surface area contributed by atoms with Gasteiger partial charge >= 0.3 is 0 Å². The maximum atomic E-state index is 3.79. The van der Waals surface area contributed by atoms with Gasteiger partial charge in [0.1, 0.15) is 0 Å². The minimum Gasteiger partial charge on any atom is -0.316 e. The van der Waals surface area contributed by atoms with Crippen LogP contribution in [0.15, 0.2) is 30.3 Å². The summed E-state index contributed by atoms with van der Waals surface area (Å²) in [7, 11) is 0. The number of hydrogen-bond donors (Lipinski definition) is 1. The molecule has 3 nitrogen and oxygen atoms in total. The molecule has 2 unspecified atom stereocenters. The van der Waals surface area contributed by atoms with Crippen LogP contribution in [0.3, 0.4) is 0 Å². The molecule has 1 aliphatic carbocycles. The summed E-state index contributed by atoms with van der Waals surface area (Å²) in [5, 5.41) is 3.79. The van der Waals surface area contributed by atoms with E-state index in [1.807, 2.05) is 0 Å². The molecular weight excluding hydrogens is 306 g/mol. The van der Waals surface area contributed by atoms with Crippen LogP contribution in [-0.4, -0.2) is 54.6 Å². The Balaban J connectivity index is 1.30. The van der Waals surface area contributed by atoms with Gasteiger partial charge in [0.15, 0.2) is 0 Å². The van der Waals surface area contributed by atoms with Gasteiger partial charge in [-0.05, 0) is 67.5 Å².